The fraction of sp³-hybridized carbons (Fsp3) is 0.818. The molecule has 0 aliphatic rings. The third-order valence-electron chi connectivity index (χ3n) is 5.86. The number of rotatable bonds is 18. The standard InChI is InChI=1S/C22H16F26O/c23-11(24,17(37,38)21(45,46)19(41,42)13(27,28)5-7-15(31,32)33)3-1-9-49-10-2-4-12(25,26)18(39,40)22(47,48)20(43,44)14(29,30)6-8-16(34,35)36/h1-4H,5-10H2. The lowest BCUT2D eigenvalue weighted by atomic mass is 9.92. The highest BCUT2D eigenvalue weighted by Gasteiger charge is 2.86. The third kappa shape index (κ3) is 9.49. The monoisotopic (exact) mass is 790 g/mol. The zero-order valence-electron chi connectivity index (χ0n) is 22.8. The van der Waals surface area contributed by atoms with E-state index >= 15 is 0 Å². The van der Waals surface area contributed by atoms with Crippen LogP contribution in [0.15, 0.2) is 24.3 Å². The summed E-state index contributed by atoms with van der Waals surface area (Å²) in [6.45, 7) is -3.55. The molecule has 0 radical (unpaired) electrons. The van der Waals surface area contributed by atoms with E-state index in [1.54, 1.807) is 0 Å². The van der Waals surface area contributed by atoms with Crippen molar-refractivity contribution in [3.8, 4) is 0 Å². The fourth-order valence-corrected chi connectivity index (χ4v) is 2.99. The Morgan fingerprint density at radius 2 is 0.551 bits per heavy atom. The van der Waals surface area contributed by atoms with Crippen LogP contribution >= 0.6 is 0 Å². The number of hydrogen-bond donors (Lipinski definition) is 0. The van der Waals surface area contributed by atoms with Crippen LogP contribution in [0.3, 0.4) is 0 Å². The summed E-state index contributed by atoms with van der Waals surface area (Å²) in [7, 11) is 0. The Morgan fingerprint density at radius 3 is 0.776 bits per heavy atom. The number of ether oxygens (including phenoxy) is 1. The van der Waals surface area contributed by atoms with E-state index < -0.39 is 135 Å². The van der Waals surface area contributed by atoms with Gasteiger partial charge in [-0.2, -0.15) is 114 Å². The van der Waals surface area contributed by atoms with E-state index in [2.05, 4.69) is 4.74 Å². The van der Waals surface area contributed by atoms with E-state index in [9.17, 15) is 114 Å². The maximum atomic E-state index is 13.7. The Kier molecular flexibility index (Phi) is 13.3. The summed E-state index contributed by atoms with van der Waals surface area (Å²) >= 11 is 0. The summed E-state index contributed by atoms with van der Waals surface area (Å²) in [4.78, 5) is 0. The van der Waals surface area contributed by atoms with Crippen LogP contribution in [0.2, 0.25) is 0 Å². The van der Waals surface area contributed by atoms with Crippen LogP contribution in [0.4, 0.5) is 114 Å². The summed E-state index contributed by atoms with van der Waals surface area (Å²) in [6, 6.07) is 0. The first-order valence-electron chi connectivity index (χ1n) is 12.0. The average Bonchev–Trinajstić information content (AvgIpc) is 2.88. The molecular formula is C22H16F26O. The average molecular weight is 790 g/mol. The predicted octanol–water partition coefficient (Wildman–Crippen LogP) is 11.2. The molecule has 0 fully saturated rings. The molecule has 0 aromatic rings. The molecule has 0 aliphatic carbocycles. The molecule has 0 saturated carbocycles. The molecule has 1 nitrogen and oxygen atoms in total. The van der Waals surface area contributed by atoms with Gasteiger partial charge in [0.05, 0.1) is 13.2 Å². The van der Waals surface area contributed by atoms with Crippen molar-refractivity contribution in [2.45, 2.75) is 97.3 Å². The minimum atomic E-state index is -7.81. The van der Waals surface area contributed by atoms with Crippen molar-refractivity contribution in [2.75, 3.05) is 13.2 Å². The lowest BCUT2D eigenvalue weighted by Crippen LogP contribution is -2.66. The lowest BCUT2D eigenvalue weighted by molar-refractivity contribution is -0.396. The Balaban J connectivity index is 5.76. The highest BCUT2D eigenvalue weighted by molar-refractivity contribution is 5.15. The van der Waals surface area contributed by atoms with Gasteiger partial charge in [-0.05, 0) is 12.2 Å². The highest BCUT2D eigenvalue weighted by Crippen LogP contribution is 2.60. The Labute approximate surface area is 254 Å². The van der Waals surface area contributed by atoms with E-state index in [0.717, 1.165) is 0 Å². The van der Waals surface area contributed by atoms with Crippen molar-refractivity contribution < 1.29 is 119 Å². The van der Waals surface area contributed by atoms with Gasteiger partial charge < -0.3 is 4.74 Å². The van der Waals surface area contributed by atoms with Crippen LogP contribution < -0.4 is 0 Å². The smallest absolute Gasteiger partial charge is 0.373 e. The number of allylic oxidation sites excluding steroid dienone is 2. The summed E-state index contributed by atoms with van der Waals surface area (Å²) in [5, 5.41) is 0. The van der Waals surface area contributed by atoms with E-state index in [0.29, 0.717) is 0 Å². The summed E-state index contributed by atoms with van der Waals surface area (Å²) in [6.07, 6.45) is -28.2. The molecule has 0 unspecified atom stereocenters. The summed E-state index contributed by atoms with van der Waals surface area (Å²) in [5.41, 5.74) is 0. The second-order valence-electron chi connectivity index (χ2n) is 9.67. The Hall–Kier alpha value is -2.38. The lowest BCUT2D eigenvalue weighted by Gasteiger charge is -2.39. The van der Waals surface area contributed by atoms with Gasteiger partial charge in [-0.3, -0.25) is 0 Å². The first-order valence-corrected chi connectivity index (χ1v) is 12.0. The van der Waals surface area contributed by atoms with Crippen LogP contribution in [0.1, 0.15) is 25.7 Å². The van der Waals surface area contributed by atoms with Gasteiger partial charge in [-0.15, -0.1) is 0 Å². The first-order chi connectivity index (χ1) is 21.1. The van der Waals surface area contributed by atoms with Crippen LogP contribution in [-0.2, 0) is 4.74 Å². The molecule has 0 atom stereocenters. The predicted molar refractivity (Wildman–Crippen MR) is 109 cm³/mol. The van der Waals surface area contributed by atoms with Crippen molar-refractivity contribution in [1.29, 1.82) is 0 Å². The van der Waals surface area contributed by atoms with Crippen LogP contribution in [0.5, 0.6) is 0 Å². The molecule has 0 aromatic heterocycles. The molecule has 292 valence electrons. The SMILES string of the molecule is FC(F)(F)CCC(F)(F)C(F)(F)C(F)(F)C(F)(F)C(F)(F)C=CCOCC=CC(F)(F)C(F)(F)C(F)(F)C(F)(F)C(F)(F)CCC(F)(F)F. The second kappa shape index (κ2) is 14.0. The zero-order valence-corrected chi connectivity index (χ0v) is 22.8. The van der Waals surface area contributed by atoms with E-state index in [4.69, 9.17) is 0 Å². The zero-order chi connectivity index (χ0) is 39.8. The molecule has 49 heavy (non-hydrogen) atoms. The first kappa shape index (κ1) is 46.6. The fourth-order valence-electron chi connectivity index (χ4n) is 2.99. The molecular weight excluding hydrogens is 774 g/mol. The minimum Gasteiger partial charge on any atom is -0.373 e. The van der Waals surface area contributed by atoms with Crippen molar-refractivity contribution in [2.24, 2.45) is 0 Å². The molecule has 27 heteroatoms. The van der Waals surface area contributed by atoms with Crippen molar-refractivity contribution in [3.63, 3.8) is 0 Å². The van der Waals surface area contributed by atoms with Crippen molar-refractivity contribution in [1.82, 2.24) is 0 Å². The molecule has 0 aliphatic heterocycles. The van der Waals surface area contributed by atoms with Crippen LogP contribution in [-0.4, -0.2) is 84.8 Å². The molecule has 0 bridgehead atoms. The van der Waals surface area contributed by atoms with Gasteiger partial charge in [0.2, 0.25) is 0 Å². The van der Waals surface area contributed by atoms with E-state index in [1.807, 2.05) is 0 Å². The van der Waals surface area contributed by atoms with Crippen LogP contribution in [0.25, 0.3) is 0 Å². The molecule has 0 saturated heterocycles. The second-order valence-corrected chi connectivity index (χ2v) is 9.67. The molecule has 0 N–H and O–H groups in total. The maximum Gasteiger partial charge on any atom is 0.389 e. The van der Waals surface area contributed by atoms with Crippen molar-refractivity contribution >= 4 is 0 Å². The topological polar surface area (TPSA) is 9.23 Å². The maximum absolute atomic E-state index is 13.7. The molecule has 0 spiro atoms. The largest absolute Gasteiger partial charge is 0.389 e. The number of hydrogen-bond acceptors (Lipinski definition) is 1. The Bertz CT molecular complexity index is 1050. The number of halogens is 26. The summed E-state index contributed by atoms with van der Waals surface area (Å²) in [5.74, 6) is -72.5. The van der Waals surface area contributed by atoms with Crippen LogP contribution in [0, 0.1) is 0 Å². The van der Waals surface area contributed by atoms with Gasteiger partial charge in [0, 0.05) is 25.7 Å². The van der Waals surface area contributed by atoms with Gasteiger partial charge >= 0.3 is 71.6 Å². The third-order valence-corrected chi connectivity index (χ3v) is 5.86. The van der Waals surface area contributed by atoms with E-state index in [1.165, 1.54) is 0 Å². The van der Waals surface area contributed by atoms with Crippen molar-refractivity contribution in [3.05, 3.63) is 24.3 Å². The van der Waals surface area contributed by atoms with Gasteiger partial charge in [0.1, 0.15) is 0 Å². The van der Waals surface area contributed by atoms with Gasteiger partial charge in [-0.1, -0.05) is 12.2 Å². The van der Waals surface area contributed by atoms with E-state index in [-0.39, 0.29) is 0 Å². The minimum absolute atomic E-state index is 0.595. The summed E-state index contributed by atoms with van der Waals surface area (Å²) < 4.78 is 348. The number of alkyl halides is 26. The molecule has 0 heterocycles. The highest BCUT2D eigenvalue weighted by atomic mass is 19.4. The molecule has 0 rings (SSSR count). The van der Waals surface area contributed by atoms with Gasteiger partial charge in [-0.25, -0.2) is 0 Å². The normalized spacial score (nSPS) is 16.4. The van der Waals surface area contributed by atoms with Gasteiger partial charge in [0.25, 0.3) is 0 Å². The molecule has 0 aromatic carbocycles. The van der Waals surface area contributed by atoms with Gasteiger partial charge in [0.15, 0.2) is 0 Å². The quantitative estimate of drug-likeness (QED) is 0.0763. The molecule has 0 amide bonds. The Morgan fingerprint density at radius 1 is 0.306 bits per heavy atom.